The molecule has 1 amide bonds. The number of aliphatic hydroxyl groups excluding tert-OH is 1. The van der Waals surface area contributed by atoms with Crippen molar-refractivity contribution < 1.29 is 9.90 Å². The highest BCUT2D eigenvalue weighted by Gasteiger charge is 2.23. The van der Waals surface area contributed by atoms with Crippen LogP contribution in [0.15, 0.2) is 24.3 Å². The average Bonchev–Trinajstić information content (AvgIpc) is 2.75. The van der Waals surface area contributed by atoms with E-state index in [0.29, 0.717) is 6.42 Å². The molecule has 0 saturated heterocycles. The summed E-state index contributed by atoms with van der Waals surface area (Å²) in [6, 6.07) is 7.92. The first-order chi connectivity index (χ1) is 9.10. The Kier molecular flexibility index (Phi) is 3.90. The van der Waals surface area contributed by atoms with E-state index in [9.17, 15) is 9.90 Å². The summed E-state index contributed by atoms with van der Waals surface area (Å²) in [5.41, 5.74) is 2.88. The standard InChI is InChI=1S/C15H20N2O2/c1-4-11(9-18)15(19)17(3)14-10(2)16-13-8-6-5-7-12(13)14/h5-8,11,16,18H,4,9H2,1-3H3. The fourth-order valence-electron chi connectivity index (χ4n) is 2.46. The first-order valence-corrected chi connectivity index (χ1v) is 6.55. The number of hydrogen-bond acceptors (Lipinski definition) is 2. The predicted octanol–water partition coefficient (Wildman–Crippen LogP) is 2.46. The Bertz CT molecular complexity index is 585. The van der Waals surface area contributed by atoms with Crippen LogP contribution in [0.3, 0.4) is 0 Å². The molecular formula is C15H20N2O2. The molecule has 0 aliphatic rings. The molecule has 0 saturated carbocycles. The number of amides is 1. The summed E-state index contributed by atoms with van der Waals surface area (Å²) in [7, 11) is 1.77. The SMILES string of the molecule is CCC(CO)C(=O)N(C)c1c(C)[nH]c2ccccc12. The van der Waals surface area contributed by atoms with Crippen molar-refractivity contribution in [2.75, 3.05) is 18.6 Å². The summed E-state index contributed by atoms with van der Waals surface area (Å²) in [5.74, 6) is -0.379. The molecule has 4 nitrogen and oxygen atoms in total. The van der Waals surface area contributed by atoms with E-state index in [2.05, 4.69) is 4.98 Å². The second kappa shape index (κ2) is 5.45. The molecule has 19 heavy (non-hydrogen) atoms. The summed E-state index contributed by atoms with van der Waals surface area (Å²) in [5, 5.41) is 10.3. The highest BCUT2D eigenvalue weighted by molar-refractivity contribution is 6.05. The van der Waals surface area contributed by atoms with Gasteiger partial charge in [-0.15, -0.1) is 0 Å². The van der Waals surface area contributed by atoms with Gasteiger partial charge in [-0.2, -0.15) is 0 Å². The van der Waals surface area contributed by atoms with Crippen molar-refractivity contribution in [3.63, 3.8) is 0 Å². The van der Waals surface area contributed by atoms with Crippen LogP contribution in [0.1, 0.15) is 19.0 Å². The van der Waals surface area contributed by atoms with Gasteiger partial charge in [0.1, 0.15) is 0 Å². The number of carbonyl (C=O) groups is 1. The molecule has 1 atom stereocenters. The van der Waals surface area contributed by atoms with Gasteiger partial charge in [0, 0.05) is 23.6 Å². The van der Waals surface area contributed by atoms with Crippen LogP contribution in [0.4, 0.5) is 5.69 Å². The number of anilines is 1. The van der Waals surface area contributed by atoms with Gasteiger partial charge in [0.05, 0.1) is 18.2 Å². The van der Waals surface area contributed by atoms with Gasteiger partial charge in [-0.25, -0.2) is 0 Å². The monoisotopic (exact) mass is 260 g/mol. The highest BCUT2D eigenvalue weighted by Crippen LogP contribution is 2.30. The Hall–Kier alpha value is -1.81. The van der Waals surface area contributed by atoms with Crippen LogP contribution in [0.25, 0.3) is 10.9 Å². The fraction of sp³-hybridized carbons (Fsp3) is 0.400. The normalized spacial score (nSPS) is 12.6. The van der Waals surface area contributed by atoms with Crippen molar-refractivity contribution in [1.82, 2.24) is 4.98 Å². The van der Waals surface area contributed by atoms with Crippen molar-refractivity contribution in [3.05, 3.63) is 30.0 Å². The molecule has 102 valence electrons. The van der Waals surface area contributed by atoms with E-state index >= 15 is 0 Å². The van der Waals surface area contributed by atoms with E-state index in [0.717, 1.165) is 22.3 Å². The summed E-state index contributed by atoms with van der Waals surface area (Å²) in [6.07, 6.45) is 0.640. The molecule has 0 aliphatic heterocycles. The van der Waals surface area contributed by atoms with E-state index in [1.807, 2.05) is 38.1 Å². The second-order valence-corrected chi connectivity index (χ2v) is 4.83. The lowest BCUT2D eigenvalue weighted by Gasteiger charge is -2.22. The van der Waals surface area contributed by atoms with E-state index in [4.69, 9.17) is 0 Å². The maximum Gasteiger partial charge on any atom is 0.232 e. The third kappa shape index (κ3) is 2.36. The molecule has 2 rings (SSSR count). The largest absolute Gasteiger partial charge is 0.396 e. The first-order valence-electron chi connectivity index (χ1n) is 6.55. The predicted molar refractivity (Wildman–Crippen MR) is 77.3 cm³/mol. The van der Waals surface area contributed by atoms with Gasteiger partial charge in [-0.3, -0.25) is 4.79 Å². The number of aryl methyl sites for hydroxylation is 1. The fourth-order valence-corrected chi connectivity index (χ4v) is 2.46. The van der Waals surface area contributed by atoms with E-state index < -0.39 is 0 Å². The molecule has 1 unspecified atom stereocenters. The zero-order chi connectivity index (χ0) is 14.0. The minimum absolute atomic E-state index is 0.0437. The number of benzene rings is 1. The van der Waals surface area contributed by atoms with Gasteiger partial charge in [0.15, 0.2) is 0 Å². The number of nitrogens with zero attached hydrogens (tertiary/aromatic N) is 1. The quantitative estimate of drug-likeness (QED) is 0.887. The Balaban J connectivity index is 2.43. The lowest BCUT2D eigenvalue weighted by molar-refractivity contribution is -0.123. The number of H-pyrrole nitrogens is 1. The summed E-state index contributed by atoms with van der Waals surface area (Å²) >= 11 is 0. The molecule has 0 aliphatic carbocycles. The molecule has 2 aromatic rings. The van der Waals surface area contributed by atoms with Crippen LogP contribution < -0.4 is 4.90 Å². The minimum atomic E-state index is -0.335. The molecule has 0 fully saturated rings. The van der Waals surface area contributed by atoms with Crippen LogP contribution in [0, 0.1) is 12.8 Å². The Labute approximate surface area is 113 Å². The van der Waals surface area contributed by atoms with Gasteiger partial charge in [-0.05, 0) is 19.4 Å². The Morgan fingerprint density at radius 3 is 2.74 bits per heavy atom. The maximum atomic E-state index is 12.4. The van der Waals surface area contributed by atoms with E-state index in [1.54, 1.807) is 11.9 Å². The van der Waals surface area contributed by atoms with Crippen molar-refractivity contribution in [2.45, 2.75) is 20.3 Å². The zero-order valence-corrected chi connectivity index (χ0v) is 11.6. The zero-order valence-electron chi connectivity index (χ0n) is 11.6. The summed E-state index contributed by atoms with van der Waals surface area (Å²) in [4.78, 5) is 17.3. The van der Waals surface area contributed by atoms with Crippen LogP contribution in [0.5, 0.6) is 0 Å². The molecule has 1 aromatic heterocycles. The molecule has 1 heterocycles. The topological polar surface area (TPSA) is 56.3 Å². The molecule has 1 aromatic carbocycles. The Morgan fingerprint density at radius 2 is 2.11 bits per heavy atom. The molecule has 0 bridgehead atoms. The van der Waals surface area contributed by atoms with Gasteiger partial charge < -0.3 is 15.0 Å². The smallest absolute Gasteiger partial charge is 0.232 e. The average molecular weight is 260 g/mol. The summed E-state index contributed by atoms with van der Waals surface area (Å²) in [6.45, 7) is 3.76. The number of hydrogen-bond donors (Lipinski definition) is 2. The number of carbonyl (C=O) groups excluding carboxylic acids is 1. The number of aromatic amines is 1. The first kappa shape index (κ1) is 13.6. The third-order valence-corrected chi connectivity index (χ3v) is 3.59. The van der Waals surface area contributed by atoms with E-state index in [-0.39, 0.29) is 18.4 Å². The van der Waals surface area contributed by atoms with Crippen molar-refractivity contribution in [2.24, 2.45) is 5.92 Å². The van der Waals surface area contributed by atoms with Crippen LogP contribution in [-0.4, -0.2) is 29.7 Å². The van der Waals surface area contributed by atoms with Crippen LogP contribution >= 0.6 is 0 Å². The lowest BCUT2D eigenvalue weighted by atomic mass is 10.1. The number of fused-ring (bicyclic) bond motifs is 1. The molecule has 0 spiro atoms. The number of rotatable bonds is 4. The molecule has 4 heteroatoms. The second-order valence-electron chi connectivity index (χ2n) is 4.83. The van der Waals surface area contributed by atoms with Gasteiger partial charge >= 0.3 is 0 Å². The number of nitrogens with one attached hydrogen (secondary N) is 1. The third-order valence-electron chi connectivity index (χ3n) is 3.59. The van der Waals surface area contributed by atoms with E-state index in [1.165, 1.54) is 0 Å². The molecule has 2 N–H and O–H groups in total. The van der Waals surface area contributed by atoms with Gasteiger partial charge in [0.2, 0.25) is 5.91 Å². The van der Waals surface area contributed by atoms with Crippen molar-refractivity contribution in [1.29, 1.82) is 0 Å². The number of aliphatic hydroxyl groups is 1. The Morgan fingerprint density at radius 1 is 1.42 bits per heavy atom. The van der Waals surface area contributed by atoms with Crippen molar-refractivity contribution >= 4 is 22.5 Å². The minimum Gasteiger partial charge on any atom is -0.396 e. The van der Waals surface area contributed by atoms with Gasteiger partial charge in [0.25, 0.3) is 0 Å². The summed E-state index contributed by atoms with van der Waals surface area (Å²) < 4.78 is 0. The van der Waals surface area contributed by atoms with Crippen molar-refractivity contribution in [3.8, 4) is 0 Å². The number of para-hydroxylation sites is 1. The van der Waals surface area contributed by atoms with Gasteiger partial charge in [-0.1, -0.05) is 25.1 Å². The molecular weight excluding hydrogens is 240 g/mol. The van der Waals surface area contributed by atoms with Crippen LogP contribution in [-0.2, 0) is 4.79 Å². The molecule has 0 radical (unpaired) electrons. The highest BCUT2D eigenvalue weighted by atomic mass is 16.3. The number of aromatic nitrogens is 1. The maximum absolute atomic E-state index is 12.4. The van der Waals surface area contributed by atoms with Crippen LogP contribution in [0.2, 0.25) is 0 Å². The lowest BCUT2D eigenvalue weighted by Crippen LogP contribution is -2.34.